The number of ketones is 1. The molecule has 0 saturated carbocycles. The van der Waals surface area contributed by atoms with E-state index in [-0.39, 0.29) is 17.4 Å². The number of aromatic nitrogens is 2. The number of hydrogen-bond acceptors (Lipinski definition) is 5. The average Bonchev–Trinajstić information content (AvgIpc) is 2.65. The molecule has 2 N–H and O–H groups in total. The zero-order valence-corrected chi connectivity index (χ0v) is 16.3. The van der Waals surface area contributed by atoms with E-state index in [0.29, 0.717) is 11.4 Å². The van der Waals surface area contributed by atoms with Crippen LogP contribution in [0, 0.1) is 20.8 Å². The molecule has 0 unspecified atom stereocenters. The van der Waals surface area contributed by atoms with Gasteiger partial charge >= 0.3 is 0 Å². The molecule has 0 spiro atoms. The summed E-state index contributed by atoms with van der Waals surface area (Å²) in [4.78, 5) is 24.0. The first-order valence-electron chi connectivity index (χ1n) is 8.94. The second-order valence-corrected chi connectivity index (χ2v) is 6.79. The fourth-order valence-corrected chi connectivity index (χ4v) is 3.04. The number of carbonyl (C=O) groups excluding carboxylic acids is 2. The van der Waals surface area contributed by atoms with Crippen molar-refractivity contribution >= 4 is 28.9 Å². The maximum atomic E-state index is 12.5. The first-order valence-corrected chi connectivity index (χ1v) is 8.94. The average molecular weight is 374 g/mol. The van der Waals surface area contributed by atoms with Gasteiger partial charge in [0.2, 0.25) is 0 Å². The fourth-order valence-electron chi connectivity index (χ4n) is 3.04. The molecule has 6 nitrogen and oxygen atoms in total. The monoisotopic (exact) mass is 374 g/mol. The lowest BCUT2D eigenvalue weighted by Gasteiger charge is -2.12. The minimum atomic E-state index is -0.312. The van der Waals surface area contributed by atoms with Gasteiger partial charge in [-0.05, 0) is 63.1 Å². The molecule has 0 radical (unpaired) electrons. The second kappa shape index (κ2) is 8.00. The standard InChI is InChI=1S/C22H22N4O2/c1-13-10-14(2)21(15(3)11-13)24-22(28)19-8-9-20(26-25-19)23-18-7-5-6-17(12-18)16(4)27/h5-12H,1-4H3,(H,23,26)(H,24,28). The van der Waals surface area contributed by atoms with Crippen LogP contribution in [0.4, 0.5) is 17.2 Å². The molecule has 142 valence electrons. The van der Waals surface area contributed by atoms with Crippen molar-refractivity contribution in [2.45, 2.75) is 27.7 Å². The summed E-state index contributed by atoms with van der Waals surface area (Å²) in [5.41, 5.74) is 5.51. The number of carbonyl (C=O) groups is 2. The molecule has 3 rings (SSSR count). The fraction of sp³-hybridized carbons (Fsp3) is 0.182. The van der Waals surface area contributed by atoms with E-state index in [1.54, 1.807) is 30.3 Å². The summed E-state index contributed by atoms with van der Waals surface area (Å²) in [6, 6.07) is 14.5. The van der Waals surface area contributed by atoms with Crippen molar-refractivity contribution in [3.63, 3.8) is 0 Å². The molecule has 3 aromatic rings. The molecule has 0 fully saturated rings. The Morgan fingerprint density at radius 1 is 0.893 bits per heavy atom. The Labute approximate surface area is 164 Å². The molecule has 0 aliphatic rings. The predicted octanol–water partition coefficient (Wildman–Crippen LogP) is 4.60. The van der Waals surface area contributed by atoms with Crippen LogP contribution in [0.1, 0.15) is 44.5 Å². The first kappa shape index (κ1) is 19.2. The number of nitrogens with zero attached hydrogens (tertiary/aromatic N) is 2. The third-order valence-corrected chi connectivity index (χ3v) is 4.35. The molecule has 1 heterocycles. The minimum Gasteiger partial charge on any atom is -0.339 e. The topological polar surface area (TPSA) is 84.0 Å². The van der Waals surface area contributed by atoms with Crippen LogP contribution in [0.15, 0.2) is 48.5 Å². The van der Waals surface area contributed by atoms with Gasteiger partial charge in [0.05, 0.1) is 0 Å². The lowest BCUT2D eigenvalue weighted by molar-refractivity contribution is 0.101. The largest absolute Gasteiger partial charge is 0.339 e. The van der Waals surface area contributed by atoms with E-state index in [9.17, 15) is 9.59 Å². The van der Waals surface area contributed by atoms with Crippen molar-refractivity contribution in [1.29, 1.82) is 0 Å². The van der Waals surface area contributed by atoms with Gasteiger partial charge in [-0.1, -0.05) is 29.8 Å². The van der Waals surface area contributed by atoms with Gasteiger partial charge in [0.1, 0.15) is 0 Å². The van der Waals surface area contributed by atoms with Crippen molar-refractivity contribution in [3.05, 3.63) is 76.5 Å². The summed E-state index contributed by atoms with van der Waals surface area (Å²) in [6.45, 7) is 7.46. The highest BCUT2D eigenvalue weighted by Crippen LogP contribution is 2.22. The van der Waals surface area contributed by atoms with Crippen molar-refractivity contribution in [3.8, 4) is 0 Å². The summed E-state index contributed by atoms with van der Waals surface area (Å²) in [7, 11) is 0. The quantitative estimate of drug-likeness (QED) is 0.638. The van der Waals surface area contributed by atoms with Crippen LogP contribution in [0.25, 0.3) is 0 Å². The third-order valence-electron chi connectivity index (χ3n) is 4.35. The van der Waals surface area contributed by atoms with Gasteiger partial charge in [-0.2, -0.15) is 0 Å². The van der Waals surface area contributed by atoms with E-state index < -0.39 is 0 Å². The van der Waals surface area contributed by atoms with Gasteiger partial charge in [0.25, 0.3) is 5.91 Å². The summed E-state index contributed by atoms with van der Waals surface area (Å²) in [5, 5.41) is 14.1. The molecule has 2 aromatic carbocycles. The van der Waals surface area contributed by atoms with Crippen molar-refractivity contribution in [2.75, 3.05) is 10.6 Å². The summed E-state index contributed by atoms with van der Waals surface area (Å²) < 4.78 is 0. The molecule has 28 heavy (non-hydrogen) atoms. The molecule has 0 aliphatic heterocycles. The van der Waals surface area contributed by atoms with Gasteiger partial charge in [-0.3, -0.25) is 9.59 Å². The first-order chi connectivity index (χ1) is 13.3. The molecule has 0 aliphatic carbocycles. The maximum Gasteiger partial charge on any atom is 0.276 e. The molecule has 0 saturated heterocycles. The Hall–Kier alpha value is -3.54. The van der Waals surface area contributed by atoms with Gasteiger partial charge in [0, 0.05) is 16.9 Å². The van der Waals surface area contributed by atoms with E-state index in [0.717, 1.165) is 28.1 Å². The number of aryl methyl sites for hydroxylation is 3. The van der Waals surface area contributed by atoms with Gasteiger partial charge in [-0.15, -0.1) is 10.2 Å². The number of Topliss-reactive ketones (excluding diaryl/α,β-unsaturated/α-hetero) is 1. The van der Waals surface area contributed by atoms with E-state index >= 15 is 0 Å². The Morgan fingerprint density at radius 3 is 2.21 bits per heavy atom. The number of hydrogen-bond donors (Lipinski definition) is 2. The SMILES string of the molecule is CC(=O)c1cccc(Nc2ccc(C(=O)Nc3c(C)cc(C)cc3C)nn2)c1. The molecular weight excluding hydrogens is 352 g/mol. The van der Waals surface area contributed by atoms with Crippen LogP contribution < -0.4 is 10.6 Å². The zero-order chi connectivity index (χ0) is 20.3. The molecule has 6 heteroatoms. The van der Waals surface area contributed by atoms with E-state index in [4.69, 9.17) is 0 Å². The number of rotatable bonds is 5. The van der Waals surface area contributed by atoms with Gasteiger partial charge < -0.3 is 10.6 Å². The van der Waals surface area contributed by atoms with Crippen LogP contribution >= 0.6 is 0 Å². The van der Waals surface area contributed by atoms with E-state index in [1.165, 1.54) is 6.92 Å². The van der Waals surface area contributed by atoms with Gasteiger partial charge in [0.15, 0.2) is 17.3 Å². The van der Waals surface area contributed by atoms with Crippen LogP contribution in [0.5, 0.6) is 0 Å². The van der Waals surface area contributed by atoms with Gasteiger partial charge in [-0.25, -0.2) is 0 Å². The van der Waals surface area contributed by atoms with Crippen molar-refractivity contribution in [2.24, 2.45) is 0 Å². The Kier molecular flexibility index (Phi) is 5.49. The lowest BCUT2D eigenvalue weighted by Crippen LogP contribution is -2.16. The number of benzene rings is 2. The van der Waals surface area contributed by atoms with E-state index in [1.807, 2.05) is 39.0 Å². The molecule has 1 amide bonds. The third kappa shape index (κ3) is 4.40. The molecule has 0 bridgehead atoms. The van der Waals surface area contributed by atoms with Crippen LogP contribution in [-0.2, 0) is 0 Å². The predicted molar refractivity (Wildman–Crippen MR) is 110 cm³/mol. The Balaban J connectivity index is 1.73. The van der Waals surface area contributed by atoms with Crippen LogP contribution in [0.2, 0.25) is 0 Å². The Morgan fingerprint density at radius 2 is 1.61 bits per heavy atom. The van der Waals surface area contributed by atoms with Crippen LogP contribution in [-0.4, -0.2) is 21.9 Å². The highest BCUT2D eigenvalue weighted by Gasteiger charge is 2.12. The van der Waals surface area contributed by atoms with E-state index in [2.05, 4.69) is 20.8 Å². The highest BCUT2D eigenvalue weighted by atomic mass is 16.2. The summed E-state index contributed by atoms with van der Waals surface area (Å²) >= 11 is 0. The van der Waals surface area contributed by atoms with Crippen molar-refractivity contribution in [1.82, 2.24) is 10.2 Å². The molecule has 1 aromatic heterocycles. The zero-order valence-electron chi connectivity index (χ0n) is 16.3. The lowest BCUT2D eigenvalue weighted by atomic mass is 10.1. The summed E-state index contributed by atoms with van der Waals surface area (Å²) in [6.07, 6.45) is 0. The maximum absolute atomic E-state index is 12.5. The summed E-state index contributed by atoms with van der Waals surface area (Å²) in [5.74, 6) is 0.163. The molecule has 0 atom stereocenters. The smallest absolute Gasteiger partial charge is 0.276 e. The van der Waals surface area contributed by atoms with Crippen molar-refractivity contribution < 1.29 is 9.59 Å². The van der Waals surface area contributed by atoms with Crippen LogP contribution in [0.3, 0.4) is 0 Å². The second-order valence-electron chi connectivity index (χ2n) is 6.79. The minimum absolute atomic E-state index is 0.0107. The Bertz CT molecular complexity index is 1020. The normalized spacial score (nSPS) is 10.4. The highest BCUT2D eigenvalue weighted by molar-refractivity contribution is 6.03. The molecular formula is C22H22N4O2. The number of nitrogens with one attached hydrogen (secondary N) is 2. The number of anilines is 3. The number of amides is 1.